The largest absolute Gasteiger partial charge is 0.481 e. The number of carboxylic acid groups (broad SMARTS) is 1. The third-order valence-electron chi connectivity index (χ3n) is 4.28. The number of oxazole rings is 1. The summed E-state index contributed by atoms with van der Waals surface area (Å²) in [7, 11) is 1.83. The molecule has 0 unspecified atom stereocenters. The number of hydrogen-bond donors (Lipinski definition) is 1. The van der Waals surface area contributed by atoms with Gasteiger partial charge in [0.15, 0.2) is 11.4 Å². The lowest BCUT2D eigenvalue weighted by Crippen LogP contribution is -2.27. The van der Waals surface area contributed by atoms with Crippen molar-refractivity contribution in [1.82, 2.24) is 9.55 Å². The quantitative estimate of drug-likeness (QED) is 0.308. The van der Waals surface area contributed by atoms with E-state index in [1.54, 1.807) is 35.2 Å². The molecular weight excluding hydrogens is 397 g/mol. The smallest absolute Gasteiger partial charge is 0.380 e. The average Bonchev–Trinajstić information content (AvgIpc) is 3.13. The summed E-state index contributed by atoms with van der Waals surface area (Å²) in [5.74, 6) is -1.15. The van der Waals surface area contributed by atoms with E-state index in [4.69, 9.17) is 9.52 Å². The average molecular weight is 412 g/mol. The fraction of sp³-hybridized carbons (Fsp3) is 0.100. The number of aromatic nitrogens is 3. The number of carbonyl (C=O) groups is 1. The number of thioether (sulfide) groups is 1. The summed E-state index contributed by atoms with van der Waals surface area (Å²) in [6.07, 6.45) is 3.31. The molecule has 0 fully saturated rings. The topological polar surface area (TPSA) is 89.2 Å². The number of nitrogens with zero attached hydrogens (tertiary/aromatic N) is 3. The van der Waals surface area contributed by atoms with Crippen molar-refractivity contribution < 1.29 is 23.3 Å². The van der Waals surface area contributed by atoms with Crippen molar-refractivity contribution in [3.8, 4) is 17.1 Å². The normalized spacial score (nSPS) is 11.1. The molecule has 2 heterocycles. The summed E-state index contributed by atoms with van der Waals surface area (Å²) in [6.45, 7) is 0. The molecule has 0 saturated heterocycles. The highest BCUT2D eigenvalue weighted by Crippen LogP contribution is 2.24. The van der Waals surface area contributed by atoms with Crippen molar-refractivity contribution in [3.63, 3.8) is 0 Å². The zero-order valence-electron chi connectivity index (χ0n) is 15.2. The van der Waals surface area contributed by atoms with Crippen LogP contribution in [-0.4, -0.2) is 26.4 Å². The van der Waals surface area contributed by atoms with Crippen LogP contribution in [0.2, 0.25) is 0 Å². The molecule has 146 valence electrons. The highest BCUT2D eigenvalue weighted by molar-refractivity contribution is 7.99. The van der Waals surface area contributed by atoms with E-state index < -0.39 is 11.8 Å². The molecule has 0 amide bonds. The number of hydrogen-bond acceptors (Lipinski definition) is 5. The van der Waals surface area contributed by atoms with E-state index in [1.807, 2.05) is 7.05 Å². The molecule has 0 spiro atoms. The van der Waals surface area contributed by atoms with E-state index in [2.05, 4.69) is 4.98 Å². The first kappa shape index (κ1) is 18.9. The van der Waals surface area contributed by atoms with Crippen LogP contribution < -0.4 is 10.1 Å². The molecule has 0 bridgehead atoms. The number of fused-ring (bicyclic) bond motifs is 1. The van der Waals surface area contributed by atoms with E-state index in [0.717, 1.165) is 17.3 Å². The van der Waals surface area contributed by atoms with Crippen molar-refractivity contribution >= 4 is 28.6 Å². The second-order valence-corrected chi connectivity index (χ2v) is 7.19. The number of rotatable bonds is 5. The van der Waals surface area contributed by atoms with Crippen LogP contribution in [0.5, 0.6) is 0 Å². The van der Waals surface area contributed by atoms with E-state index >= 15 is 0 Å². The molecule has 7 nitrogen and oxygen atoms in total. The summed E-state index contributed by atoms with van der Waals surface area (Å²) < 4.78 is 21.9. The zero-order chi connectivity index (χ0) is 20.5. The molecule has 0 saturated carbocycles. The number of aliphatic carboxylic acids is 1. The van der Waals surface area contributed by atoms with Crippen molar-refractivity contribution in [2.75, 3.05) is 5.75 Å². The maximum absolute atomic E-state index is 13.3. The second-order valence-electron chi connectivity index (χ2n) is 6.24. The predicted molar refractivity (Wildman–Crippen MR) is 105 cm³/mol. The van der Waals surface area contributed by atoms with Crippen LogP contribution in [-0.2, 0) is 11.8 Å². The Balaban J connectivity index is 1.93. The fourth-order valence-electron chi connectivity index (χ4n) is 2.95. The fourth-order valence-corrected chi connectivity index (χ4v) is 3.68. The summed E-state index contributed by atoms with van der Waals surface area (Å²) in [6, 6.07) is 10.5. The van der Waals surface area contributed by atoms with Crippen LogP contribution in [0, 0.1) is 5.82 Å². The highest BCUT2D eigenvalue weighted by atomic mass is 32.2. The van der Waals surface area contributed by atoms with Crippen LogP contribution in [0.3, 0.4) is 0 Å². The van der Waals surface area contributed by atoms with Gasteiger partial charge in [-0.3, -0.25) is 14.2 Å². The Hall–Kier alpha value is -3.46. The van der Waals surface area contributed by atoms with Crippen LogP contribution in [0.4, 0.5) is 4.39 Å². The molecule has 0 aliphatic heterocycles. The Morgan fingerprint density at radius 3 is 2.69 bits per heavy atom. The van der Waals surface area contributed by atoms with E-state index in [1.165, 1.54) is 28.8 Å². The zero-order valence-corrected chi connectivity index (χ0v) is 16.0. The Morgan fingerprint density at radius 2 is 2.03 bits per heavy atom. The van der Waals surface area contributed by atoms with Gasteiger partial charge in [0.05, 0.1) is 27.9 Å². The molecule has 1 N–H and O–H groups in total. The third kappa shape index (κ3) is 3.64. The minimum Gasteiger partial charge on any atom is -0.481 e. The third-order valence-corrected chi connectivity index (χ3v) is 5.20. The summed E-state index contributed by atoms with van der Waals surface area (Å²) in [5.41, 5.74) is 1.17. The van der Waals surface area contributed by atoms with Gasteiger partial charge in [-0.15, -0.1) is 0 Å². The number of halogens is 1. The van der Waals surface area contributed by atoms with Crippen LogP contribution in [0.25, 0.3) is 28.0 Å². The second kappa shape index (κ2) is 7.51. The van der Waals surface area contributed by atoms with E-state index in [9.17, 15) is 14.0 Å². The van der Waals surface area contributed by atoms with Crippen LogP contribution in [0.1, 0.15) is 0 Å². The summed E-state index contributed by atoms with van der Waals surface area (Å²) in [5, 5.41) is 9.61. The van der Waals surface area contributed by atoms with E-state index in [0.29, 0.717) is 22.5 Å². The highest BCUT2D eigenvalue weighted by Gasteiger charge is 2.18. The van der Waals surface area contributed by atoms with Gasteiger partial charge >= 0.3 is 11.9 Å². The molecule has 0 aliphatic rings. The van der Waals surface area contributed by atoms with Gasteiger partial charge in [-0.05, 0) is 42.5 Å². The van der Waals surface area contributed by atoms with Crippen molar-refractivity contribution in [3.05, 3.63) is 71.1 Å². The van der Waals surface area contributed by atoms with Crippen molar-refractivity contribution in [1.29, 1.82) is 0 Å². The van der Waals surface area contributed by atoms with E-state index in [-0.39, 0.29) is 16.5 Å². The lowest BCUT2D eigenvalue weighted by Gasteiger charge is -2.13. The minimum atomic E-state index is -1.04. The number of benzene rings is 2. The van der Waals surface area contributed by atoms with Gasteiger partial charge in [0.25, 0.3) is 5.56 Å². The standard InChI is InChI=1S/C20H14FN3O4S/c1-23-8-9-28-19(23)12-2-7-15-16(10-12)22-20(29-11-17(25)26)24(18(15)27)14-5-3-13(21)4-6-14/h2-10H,11H2,1H3/p+1. The van der Waals surface area contributed by atoms with Gasteiger partial charge in [0, 0.05) is 0 Å². The molecular formula is C20H15FN3O4S+. The molecule has 4 rings (SSSR count). The predicted octanol–water partition coefficient (Wildman–Crippen LogP) is 2.79. The summed E-state index contributed by atoms with van der Waals surface area (Å²) in [4.78, 5) is 28.8. The van der Waals surface area contributed by atoms with Gasteiger partial charge in [-0.2, -0.15) is 4.57 Å². The molecule has 0 aliphatic carbocycles. The first-order chi connectivity index (χ1) is 13.9. The molecule has 4 aromatic rings. The number of aryl methyl sites for hydroxylation is 1. The Morgan fingerprint density at radius 1 is 1.28 bits per heavy atom. The van der Waals surface area contributed by atoms with Gasteiger partial charge < -0.3 is 9.52 Å². The van der Waals surface area contributed by atoms with Crippen molar-refractivity contribution in [2.45, 2.75) is 5.16 Å². The maximum atomic E-state index is 13.3. The van der Waals surface area contributed by atoms with Gasteiger partial charge in [0.1, 0.15) is 12.9 Å². The monoisotopic (exact) mass is 412 g/mol. The van der Waals surface area contributed by atoms with Gasteiger partial charge in [-0.25, -0.2) is 9.37 Å². The molecule has 0 atom stereocenters. The SMILES string of the molecule is C[n+]1ccoc1-c1ccc2c(=O)n(-c3ccc(F)cc3)c(SCC(=O)O)nc2c1. The van der Waals surface area contributed by atoms with Crippen molar-refractivity contribution in [2.24, 2.45) is 7.05 Å². The molecule has 2 aromatic carbocycles. The first-order valence-electron chi connectivity index (χ1n) is 8.55. The summed E-state index contributed by atoms with van der Waals surface area (Å²) >= 11 is 0.920. The van der Waals surface area contributed by atoms with Crippen LogP contribution in [0.15, 0.2) is 69.3 Å². The Kier molecular flexibility index (Phi) is 4.89. The molecule has 29 heavy (non-hydrogen) atoms. The van der Waals surface area contributed by atoms with Gasteiger partial charge in [-0.1, -0.05) is 11.8 Å². The molecule has 0 radical (unpaired) electrons. The maximum Gasteiger partial charge on any atom is 0.380 e. The molecule has 9 heteroatoms. The number of carboxylic acids is 1. The Labute approximate surface area is 168 Å². The van der Waals surface area contributed by atoms with Crippen LogP contribution >= 0.6 is 11.8 Å². The molecule has 2 aromatic heterocycles. The minimum absolute atomic E-state index is 0.206. The van der Waals surface area contributed by atoms with Gasteiger partial charge in [0.2, 0.25) is 6.20 Å². The lowest BCUT2D eigenvalue weighted by atomic mass is 10.1. The Bertz CT molecular complexity index is 1280. The lowest BCUT2D eigenvalue weighted by molar-refractivity contribution is -0.662. The first-order valence-corrected chi connectivity index (χ1v) is 9.53.